The van der Waals surface area contributed by atoms with Crippen molar-refractivity contribution in [1.82, 2.24) is 4.98 Å². The summed E-state index contributed by atoms with van der Waals surface area (Å²) in [7, 11) is 0. The van der Waals surface area contributed by atoms with Crippen molar-refractivity contribution < 1.29 is 9.53 Å². The topological polar surface area (TPSA) is 39.2 Å². The zero-order valence-electron chi connectivity index (χ0n) is 9.49. The van der Waals surface area contributed by atoms with Crippen LogP contribution in [0.15, 0.2) is 24.4 Å². The summed E-state index contributed by atoms with van der Waals surface area (Å²) in [5, 5.41) is 0. The van der Waals surface area contributed by atoms with Crippen molar-refractivity contribution in [2.24, 2.45) is 0 Å². The van der Waals surface area contributed by atoms with Crippen LogP contribution >= 0.6 is 0 Å². The molecule has 0 atom stereocenters. The minimum atomic E-state index is -0.562. The lowest BCUT2D eigenvalue weighted by Crippen LogP contribution is -2.31. The highest BCUT2D eigenvalue weighted by atomic mass is 16.6. The number of esters is 1. The number of carbonyl (C=O) groups is 1. The van der Waals surface area contributed by atoms with Gasteiger partial charge in [-0.05, 0) is 25.0 Å². The van der Waals surface area contributed by atoms with Crippen LogP contribution in [0.4, 0.5) is 0 Å². The molecule has 0 N–H and O–H groups in total. The molecule has 0 aliphatic heterocycles. The lowest BCUT2D eigenvalue weighted by Gasteiger charge is -2.30. The van der Waals surface area contributed by atoms with Gasteiger partial charge >= 0.3 is 5.97 Å². The largest absolute Gasteiger partial charge is 0.453 e. The van der Waals surface area contributed by atoms with Gasteiger partial charge in [0.1, 0.15) is 0 Å². The lowest BCUT2D eigenvalue weighted by molar-refractivity contribution is -0.159. The Morgan fingerprint density at radius 3 is 2.47 bits per heavy atom. The third-order valence-electron chi connectivity index (χ3n) is 2.61. The molecule has 1 rings (SSSR count). The van der Waals surface area contributed by atoms with E-state index in [2.05, 4.69) is 4.98 Å². The Hall–Kier alpha value is -1.38. The zero-order valence-corrected chi connectivity index (χ0v) is 9.49. The molecular weight excluding hydrogens is 190 g/mol. The first-order valence-corrected chi connectivity index (χ1v) is 5.25. The van der Waals surface area contributed by atoms with E-state index in [0.717, 1.165) is 18.5 Å². The van der Waals surface area contributed by atoms with Gasteiger partial charge in [-0.25, -0.2) is 0 Å². The molecule has 0 bridgehead atoms. The molecule has 3 nitrogen and oxygen atoms in total. The molecule has 0 fully saturated rings. The van der Waals surface area contributed by atoms with E-state index < -0.39 is 5.60 Å². The highest BCUT2D eigenvalue weighted by molar-refractivity contribution is 5.66. The van der Waals surface area contributed by atoms with Crippen molar-refractivity contribution in [3.8, 4) is 0 Å². The number of rotatable bonds is 4. The van der Waals surface area contributed by atoms with Crippen LogP contribution in [0.1, 0.15) is 39.3 Å². The number of ether oxygens (including phenoxy) is 1. The van der Waals surface area contributed by atoms with E-state index in [1.54, 1.807) is 6.20 Å². The molecule has 0 aliphatic rings. The Balaban J connectivity index is 3.05. The summed E-state index contributed by atoms with van der Waals surface area (Å²) in [6.07, 6.45) is 3.19. The highest BCUT2D eigenvalue weighted by Gasteiger charge is 2.32. The molecule has 82 valence electrons. The summed E-state index contributed by atoms with van der Waals surface area (Å²) in [5.41, 5.74) is 0.262. The van der Waals surface area contributed by atoms with Gasteiger partial charge in [0.25, 0.3) is 0 Å². The molecule has 3 heteroatoms. The normalized spacial score (nSPS) is 11.1. The monoisotopic (exact) mass is 207 g/mol. The van der Waals surface area contributed by atoms with Crippen molar-refractivity contribution in [3.63, 3.8) is 0 Å². The van der Waals surface area contributed by atoms with E-state index in [-0.39, 0.29) is 5.97 Å². The Morgan fingerprint density at radius 2 is 2.07 bits per heavy atom. The predicted molar refractivity (Wildman–Crippen MR) is 58.3 cm³/mol. The summed E-state index contributed by atoms with van der Waals surface area (Å²) in [6, 6.07) is 5.66. The van der Waals surface area contributed by atoms with Crippen molar-refractivity contribution in [3.05, 3.63) is 30.1 Å². The van der Waals surface area contributed by atoms with Crippen LogP contribution in [0, 0.1) is 0 Å². The minimum Gasteiger partial charge on any atom is -0.453 e. The second kappa shape index (κ2) is 4.91. The zero-order chi connectivity index (χ0) is 11.3. The summed E-state index contributed by atoms with van der Waals surface area (Å²) < 4.78 is 5.42. The molecule has 0 aliphatic carbocycles. The maximum atomic E-state index is 11.1. The van der Waals surface area contributed by atoms with E-state index in [4.69, 9.17) is 4.74 Å². The molecule has 15 heavy (non-hydrogen) atoms. The van der Waals surface area contributed by atoms with E-state index in [0.29, 0.717) is 0 Å². The second-order valence-corrected chi connectivity index (χ2v) is 3.51. The third-order valence-corrected chi connectivity index (χ3v) is 2.61. The predicted octanol–water partition coefficient (Wildman–Crippen LogP) is 2.66. The summed E-state index contributed by atoms with van der Waals surface area (Å²) in [4.78, 5) is 15.4. The fourth-order valence-electron chi connectivity index (χ4n) is 1.72. The number of aromatic nitrogens is 1. The first kappa shape index (κ1) is 11.7. The van der Waals surface area contributed by atoms with Crippen LogP contribution < -0.4 is 0 Å². The van der Waals surface area contributed by atoms with Crippen molar-refractivity contribution >= 4 is 5.97 Å². The summed E-state index contributed by atoms with van der Waals surface area (Å²) >= 11 is 0. The van der Waals surface area contributed by atoms with Crippen LogP contribution in [0.25, 0.3) is 0 Å². The van der Waals surface area contributed by atoms with E-state index in [9.17, 15) is 4.79 Å². The maximum Gasteiger partial charge on any atom is 0.303 e. The van der Waals surface area contributed by atoms with E-state index in [1.165, 1.54) is 6.92 Å². The fourth-order valence-corrected chi connectivity index (χ4v) is 1.72. The fraction of sp³-hybridized carbons (Fsp3) is 0.500. The number of pyridine rings is 1. The van der Waals surface area contributed by atoms with Crippen molar-refractivity contribution in [1.29, 1.82) is 0 Å². The lowest BCUT2D eigenvalue weighted by atomic mass is 9.92. The van der Waals surface area contributed by atoms with Crippen molar-refractivity contribution in [2.75, 3.05) is 0 Å². The van der Waals surface area contributed by atoms with E-state index >= 15 is 0 Å². The molecule has 0 aromatic carbocycles. The van der Waals surface area contributed by atoms with E-state index in [1.807, 2.05) is 32.0 Å². The van der Waals surface area contributed by atoms with Gasteiger partial charge in [-0.1, -0.05) is 19.9 Å². The Morgan fingerprint density at radius 1 is 1.40 bits per heavy atom. The van der Waals surface area contributed by atoms with Gasteiger partial charge in [-0.2, -0.15) is 0 Å². The number of carbonyl (C=O) groups excluding carboxylic acids is 1. The molecule has 0 spiro atoms. The molecule has 0 amide bonds. The first-order valence-electron chi connectivity index (χ1n) is 5.25. The van der Waals surface area contributed by atoms with Gasteiger partial charge in [0, 0.05) is 13.1 Å². The molecule has 1 aromatic rings. The van der Waals surface area contributed by atoms with Crippen LogP contribution in [-0.2, 0) is 15.1 Å². The number of hydrogen-bond donors (Lipinski definition) is 0. The molecule has 0 radical (unpaired) electrons. The van der Waals surface area contributed by atoms with Gasteiger partial charge in [-0.15, -0.1) is 0 Å². The first-order chi connectivity index (χ1) is 7.14. The van der Waals surface area contributed by atoms with Gasteiger partial charge in [-0.3, -0.25) is 9.78 Å². The molecule has 0 saturated heterocycles. The van der Waals surface area contributed by atoms with Gasteiger partial charge in [0.2, 0.25) is 0 Å². The van der Waals surface area contributed by atoms with Crippen molar-refractivity contribution in [2.45, 2.75) is 39.2 Å². The van der Waals surface area contributed by atoms with Crippen LogP contribution in [-0.4, -0.2) is 11.0 Å². The summed E-state index contributed by atoms with van der Waals surface area (Å²) in [5.74, 6) is -0.260. The van der Waals surface area contributed by atoms with Crippen LogP contribution in [0.5, 0.6) is 0 Å². The second-order valence-electron chi connectivity index (χ2n) is 3.51. The van der Waals surface area contributed by atoms with Crippen LogP contribution in [0.3, 0.4) is 0 Å². The van der Waals surface area contributed by atoms with Gasteiger partial charge in [0.15, 0.2) is 5.60 Å². The number of nitrogens with zero attached hydrogens (tertiary/aromatic N) is 1. The smallest absolute Gasteiger partial charge is 0.303 e. The highest BCUT2D eigenvalue weighted by Crippen LogP contribution is 2.31. The molecule has 1 heterocycles. The van der Waals surface area contributed by atoms with Gasteiger partial charge in [0.05, 0.1) is 5.69 Å². The molecular formula is C12H17NO2. The Kier molecular flexibility index (Phi) is 3.83. The average Bonchev–Trinajstić information content (AvgIpc) is 2.27. The minimum absolute atomic E-state index is 0.260. The number of hydrogen-bond acceptors (Lipinski definition) is 3. The van der Waals surface area contributed by atoms with Gasteiger partial charge < -0.3 is 4.74 Å². The molecule has 1 aromatic heterocycles. The quantitative estimate of drug-likeness (QED) is 0.712. The Labute approximate surface area is 90.5 Å². The Bertz CT molecular complexity index is 318. The summed E-state index contributed by atoms with van der Waals surface area (Å²) in [6.45, 7) is 5.44. The maximum absolute atomic E-state index is 11.1. The molecule has 0 unspecified atom stereocenters. The molecule has 0 saturated carbocycles. The van der Waals surface area contributed by atoms with Crippen LogP contribution in [0.2, 0.25) is 0 Å². The third kappa shape index (κ3) is 2.55. The standard InChI is InChI=1S/C12H17NO2/c1-4-12(5-2,15-10(3)14)11-8-6-7-9-13-11/h6-9H,4-5H2,1-3H3. The average molecular weight is 207 g/mol. The SMILES string of the molecule is CCC(CC)(OC(C)=O)c1ccccn1.